The molecule has 270 valence electrons. The summed E-state index contributed by atoms with van der Waals surface area (Å²) in [5, 5.41) is 36.4. The molecular formula is C32H26NO14S4-3. The van der Waals surface area contributed by atoms with Crippen LogP contribution in [0.4, 0.5) is 0 Å². The molecule has 0 aliphatic heterocycles. The average Bonchev–Trinajstić information content (AvgIpc) is 3.00. The summed E-state index contributed by atoms with van der Waals surface area (Å²) < 4.78 is 116. The molecule has 5 rings (SSSR count). The van der Waals surface area contributed by atoms with Crippen molar-refractivity contribution < 1.29 is 63.8 Å². The number of aromatic hydroxyl groups is 3. The molecular weight excluding hydrogens is 751 g/mol. The van der Waals surface area contributed by atoms with E-state index in [2.05, 4.69) is 17.5 Å². The predicted molar refractivity (Wildman–Crippen MR) is 178 cm³/mol. The maximum atomic E-state index is 12.4. The summed E-state index contributed by atoms with van der Waals surface area (Å²) in [6, 6.07) is 8.10. The van der Waals surface area contributed by atoms with Crippen LogP contribution in [0.25, 0.3) is 0 Å². The van der Waals surface area contributed by atoms with Gasteiger partial charge >= 0.3 is 0 Å². The van der Waals surface area contributed by atoms with E-state index in [1.54, 1.807) is 6.92 Å². The van der Waals surface area contributed by atoms with Crippen molar-refractivity contribution in [1.82, 2.24) is 5.32 Å². The van der Waals surface area contributed by atoms with E-state index in [0.29, 0.717) is 5.56 Å². The van der Waals surface area contributed by atoms with E-state index < -0.39 is 81.9 Å². The number of amides is 1. The monoisotopic (exact) mass is 776 g/mol. The normalized spacial score (nSPS) is 13.3. The lowest BCUT2D eigenvalue weighted by molar-refractivity contribution is -0.121. The Morgan fingerprint density at radius 2 is 0.941 bits per heavy atom. The summed E-state index contributed by atoms with van der Waals surface area (Å²) in [7, 11) is -15.6. The number of fused-ring (bicyclic) bond motifs is 8. The largest absolute Gasteiger partial charge is 0.744 e. The van der Waals surface area contributed by atoms with Crippen molar-refractivity contribution in [3.63, 3.8) is 0 Å². The van der Waals surface area contributed by atoms with Crippen LogP contribution in [0.15, 0.2) is 63.2 Å². The minimum Gasteiger partial charge on any atom is -0.744 e. The van der Waals surface area contributed by atoms with Gasteiger partial charge in [0.05, 0.1) is 20.2 Å². The molecule has 1 aliphatic carbocycles. The number of thiocarbonyl (C=S) groups is 1. The van der Waals surface area contributed by atoms with Gasteiger partial charge in [0.1, 0.15) is 53.4 Å². The van der Waals surface area contributed by atoms with E-state index in [-0.39, 0.29) is 68.8 Å². The van der Waals surface area contributed by atoms with E-state index in [1.165, 1.54) is 12.1 Å². The Balaban J connectivity index is 1.91. The number of carbonyl (C=O) groups is 1. The van der Waals surface area contributed by atoms with Crippen LogP contribution >= 0.6 is 12.2 Å². The highest BCUT2D eigenvalue weighted by Gasteiger charge is 2.24. The maximum absolute atomic E-state index is 12.4. The Bertz CT molecular complexity index is 2320. The second-order valence-electron chi connectivity index (χ2n) is 11.7. The summed E-state index contributed by atoms with van der Waals surface area (Å²) in [5.74, 6) is -2.63. The third kappa shape index (κ3) is 8.30. The molecule has 4 N–H and O–H groups in total. The molecule has 4 aromatic carbocycles. The van der Waals surface area contributed by atoms with Crippen LogP contribution in [0.5, 0.6) is 23.0 Å². The Labute approximate surface area is 297 Å². The molecule has 0 unspecified atom stereocenters. The second-order valence-corrected chi connectivity index (χ2v) is 16.1. The van der Waals surface area contributed by atoms with Gasteiger partial charge in [0.15, 0.2) is 6.61 Å². The molecule has 0 saturated heterocycles. The van der Waals surface area contributed by atoms with Crippen LogP contribution in [0.3, 0.4) is 0 Å². The van der Waals surface area contributed by atoms with Crippen LogP contribution < -0.4 is 10.1 Å². The van der Waals surface area contributed by atoms with Gasteiger partial charge in [-0.1, -0.05) is 29.9 Å². The Hall–Kier alpha value is -4.63. The van der Waals surface area contributed by atoms with Gasteiger partial charge in [-0.15, -0.1) is 0 Å². The highest BCUT2D eigenvalue weighted by molar-refractivity contribution is 7.86. The SMILES string of the molecule is Cc1cc2c(O)c(c1)Cc1cc(S(=O)(=O)[O-])cc(c1O)Cc1cc(S(=O)(=O)[O-])cc(c1OCC(=O)NC=S)Cc1cc(S(=O)(=O)[O-])cc(c1O)C2. The molecule has 0 fully saturated rings. The number of phenolic OH excluding ortho intramolecular Hbond substituents is 3. The molecule has 0 spiro atoms. The molecule has 0 aromatic heterocycles. The summed E-state index contributed by atoms with van der Waals surface area (Å²) >= 11 is 4.62. The molecule has 51 heavy (non-hydrogen) atoms. The number of hydrogen-bond donors (Lipinski definition) is 4. The zero-order valence-corrected chi connectivity index (χ0v) is 29.5. The minimum absolute atomic E-state index is 0.112. The van der Waals surface area contributed by atoms with Crippen LogP contribution in [-0.4, -0.2) is 72.2 Å². The summed E-state index contributed by atoms with van der Waals surface area (Å²) in [6.07, 6.45) is -2.01. The highest BCUT2D eigenvalue weighted by Crippen LogP contribution is 2.40. The van der Waals surface area contributed by atoms with E-state index in [4.69, 9.17) is 4.74 Å². The average molecular weight is 777 g/mol. The third-order valence-corrected chi connectivity index (χ3v) is 10.6. The van der Waals surface area contributed by atoms with Gasteiger partial charge in [0, 0.05) is 36.8 Å². The Morgan fingerprint density at radius 3 is 1.25 bits per heavy atom. The lowest BCUT2D eigenvalue weighted by Crippen LogP contribution is -2.27. The molecule has 0 atom stereocenters. The van der Waals surface area contributed by atoms with Crippen molar-refractivity contribution in [1.29, 1.82) is 0 Å². The van der Waals surface area contributed by atoms with Gasteiger partial charge < -0.3 is 39.0 Å². The van der Waals surface area contributed by atoms with Gasteiger partial charge in [-0.2, -0.15) is 0 Å². The van der Waals surface area contributed by atoms with Crippen molar-refractivity contribution in [2.24, 2.45) is 0 Å². The fourth-order valence-electron chi connectivity index (χ4n) is 5.87. The molecule has 15 nitrogen and oxygen atoms in total. The molecule has 4 aromatic rings. The first kappa shape index (κ1) is 37.6. The van der Waals surface area contributed by atoms with Gasteiger partial charge in [-0.05, 0) is 76.7 Å². The van der Waals surface area contributed by atoms with Crippen molar-refractivity contribution in [2.45, 2.75) is 47.3 Å². The number of ether oxygens (including phenoxy) is 1. The number of aryl methyl sites for hydroxylation is 1. The molecule has 0 saturated carbocycles. The fraction of sp³-hybridized carbons (Fsp3) is 0.188. The zero-order chi connectivity index (χ0) is 37.6. The minimum atomic E-state index is -5.28. The Morgan fingerprint density at radius 1 is 0.647 bits per heavy atom. The van der Waals surface area contributed by atoms with Crippen molar-refractivity contribution in [3.8, 4) is 23.0 Å². The fourth-order valence-corrected chi connectivity index (χ4v) is 7.72. The smallest absolute Gasteiger partial charge is 0.262 e. The van der Waals surface area contributed by atoms with Crippen molar-refractivity contribution in [2.75, 3.05) is 6.61 Å². The van der Waals surface area contributed by atoms with Gasteiger partial charge in [0.25, 0.3) is 5.91 Å². The lowest BCUT2D eigenvalue weighted by atomic mass is 9.90. The first-order chi connectivity index (χ1) is 23.6. The van der Waals surface area contributed by atoms with Crippen molar-refractivity contribution in [3.05, 3.63) is 98.6 Å². The predicted octanol–water partition coefficient (Wildman–Crippen LogP) is 1.95. The molecule has 0 heterocycles. The molecule has 19 heteroatoms. The number of phenols is 3. The summed E-state index contributed by atoms with van der Waals surface area (Å²) in [5.41, 5.74) is 0.292. The lowest BCUT2D eigenvalue weighted by Gasteiger charge is -2.22. The maximum Gasteiger partial charge on any atom is 0.262 e. The van der Waals surface area contributed by atoms with E-state index in [1.807, 2.05) is 0 Å². The number of benzene rings is 4. The third-order valence-electron chi connectivity index (χ3n) is 8.07. The molecule has 8 bridgehead atoms. The van der Waals surface area contributed by atoms with Gasteiger partial charge in [-0.3, -0.25) is 4.79 Å². The quantitative estimate of drug-likeness (QED) is 0.136. The van der Waals surface area contributed by atoms with E-state index in [9.17, 15) is 59.0 Å². The number of rotatable bonds is 7. The van der Waals surface area contributed by atoms with Crippen LogP contribution in [0, 0.1) is 6.92 Å². The van der Waals surface area contributed by atoms with Crippen molar-refractivity contribution >= 4 is 54.0 Å². The van der Waals surface area contributed by atoms with Crippen LogP contribution in [0.1, 0.15) is 50.1 Å². The highest BCUT2D eigenvalue weighted by atomic mass is 32.2. The van der Waals surface area contributed by atoms with Crippen LogP contribution in [-0.2, 0) is 60.8 Å². The van der Waals surface area contributed by atoms with E-state index in [0.717, 1.165) is 41.9 Å². The first-order valence-corrected chi connectivity index (χ1v) is 19.3. The van der Waals surface area contributed by atoms with Gasteiger partial charge in [0.2, 0.25) is 0 Å². The number of nitrogens with one attached hydrogen (secondary N) is 1. The number of hydrogen-bond acceptors (Lipinski definition) is 15. The topological polar surface area (TPSA) is 271 Å². The first-order valence-electron chi connectivity index (χ1n) is 14.6. The van der Waals surface area contributed by atoms with Crippen LogP contribution in [0.2, 0.25) is 0 Å². The molecule has 0 radical (unpaired) electrons. The summed E-state index contributed by atoms with van der Waals surface area (Å²) in [6.45, 7) is 0.864. The molecule has 1 aliphatic rings. The molecule has 1 amide bonds. The standard InChI is InChI=1S/C32H29NO14S4/c1-16-2-17-4-19-8-25(49(38,39)40)10-21(30(19)36)6-23-12-27(51(44,45)46)13-24(32(23)47-14-28(34)33-15-48)7-22-11-26(50(41,42)43)9-20(31(22)37)5-18(3-16)29(17)35/h2-3,8-13,15,35-37H,4-7,14H2,1H3,(H,33,34,48)(H,38,39,40)(H,41,42,43)(H,44,45,46)/p-3. The summed E-state index contributed by atoms with van der Waals surface area (Å²) in [4.78, 5) is 9.90. The number of carbonyl (C=O) groups excluding carboxylic acids is 1. The van der Waals surface area contributed by atoms with Gasteiger partial charge in [-0.25, -0.2) is 25.3 Å². The zero-order valence-electron chi connectivity index (χ0n) is 26.2. The van der Waals surface area contributed by atoms with E-state index >= 15 is 0 Å². The Kier molecular flexibility index (Phi) is 10.2. The second kappa shape index (κ2) is 13.8.